The van der Waals surface area contributed by atoms with E-state index < -0.39 is 9.84 Å². The molecule has 3 rings (SSSR count). The number of pyridine rings is 1. The SMILES string of the molecule is CC(C)n1nc(CN=[N+]=[N-])c(Cc2ccncc2)c1S(=O)(=O)c1cc(Cl)cc(Cl)c1. The van der Waals surface area contributed by atoms with Crippen LogP contribution < -0.4 is 0 Å². The van der Waals surface area contributed by atoms with Crippen LogP contribution >= 0.6 is 23.2 Å². The number of azide groups is 1. The number of hydrogen-bond acceptors (Lipinski definition) is 5. The topological polar surface area (TPSA) is 114 Å². The van der Waals surface area contributed by atoms with Gasteiger partial charge in [0, 0.05) is 45.4 Å². The monoisotopic (exact) mass is 464 g/mol. The quantitative estimate of drug-likeness (QED) is 0.264. The molecule has 0 fully saturated rings. The van der Waals surface area contributed by atoms with Crippen LogP contribution in [0.1, 0.15) is 36.7 Å². The van der Waals surface area contributed by atoms with Crippen molar-refractivity contribution in [1.82, 2.24) is 14.8 Å². The van der Waals surface area contributed by atoms with Crippen molar-refractivity contribution in [3.05, 3.63) is 80.0 Å². The maximum absolute atomic E-state index is 13.7. The zero-order valence-corrected chi connectivity index (χ0v) is 18.5. The highest BCUT2D eigenvalue weighted by Gasteiger charge is 2.31. The standard InChI is InChI=1S/C19H18Cl2N6O2S/c1-12(2)27-19(30(28,29)16-9-14(20)8-15(21)10-16)17(18(25-27)11-24-26-22)7-13-3-5-23-6-4-13/h3-6,8-10,12H,7,11H2,1-2H3. The van der Waals surface area contributed by atoms with Gasteiger partial charge in [-0.15, -0.1) is 0 Å². The molecule has 0 radical (unpaired) electrons. The summed E-state index contributed by atoms with van der Waals surface area (Å²) in [5.74, 6) is 0. The van der Waals surface area contributed by atoms with Gasteiger partial charge in [0.2, 0.25) is 9.84 Å². The van der Waals surface area contributed by atoms with Gasteiger partial charge in [-0.2, -0.15) is 5.10 Å². The lowest BCUT2D eigenvalue weighted by molar-refractivity contribution is 0.474. The first kappa shape index (κ1) is 22.1. The number of rotatable bonds is 7. The van der Waals surface area contributed by atoms with Gasteiger partial charge in [0.1, 0.15) is 0 Å². The average Bonchev–Trinajstić information content (AvgIpc) is 3.05. The van der Waals surface area contributed by atoms with Crippen LogP contribution in [0.25, 0.3) is 10.4 Å². The van der Waals surface area contributed by atoms with Crippen LogP contribution in [0.5, 0.6) is 0 Å². The first-order valence-electron chi connectivity index (χ1n) is 8.95. The largest absolute Gasteiger partial charge is 0.265 e. The Labute approximate surface area is 184 Å². The van der Waals surface area contributed by atoms with Crippen molar-refractivity contribution in [3.63, 3.8) is 0 Å². The molecule has 0 unspecified atom stereocenters. The molecular formula is C19H18Cl2N6O2S. The van der Waals surface area contributed by atoms with Gasteiger partial charge < -0.3 is 0 Å². The summed E-state index contributed by atoms with van der Waals surface area (Å²) >= 11 is 12.1. The van der Waals surface area contributed by atoms with Gasteiger partial charge in [0.05, 0.1) is 17.1 Å². The zero-order valence-electron chi connectivity index (χ0n) is 16.2. The maximum Gasteiger partial charge on any atom is 0.223 e. The Hall–Kier alpha value is -2.58. The lowest BCUT2D eigenvalue weighted by atomic mass is 10.1. The van der Waals surface area contributed by atoms with E-state index in [1.54, 1.807) is 24.5 Å². The number of halogens is 2. The van der Waals surface area contributed by atoms with Crippen LogP contribution in [0.3, 0.4) is 0 Å². The molecule has 0 aliphatic heterocycles. The maximum atomic E-state index is 13.7. The second kappa shape index (κ2) is 9.06. The Morgan fingerprint density at radius 3 is 2.37 bits per heavy atom. The molecule has 30 heavy (non-hydrogen) atoms. The first-order valence-corrected chi connectivity index (χ1v) is 11.2. The molecule has 2 aromatic heterocycles. The van der Waals surface area contributed by atoms with Crippen LogP contribution in [0.15, 0.2) is 57.8 Å². The van der Waals surface area contributed by atoms with E-state index in [1.807, 2.05) is 13.8 Å². The van der Waals surface area contributed by atoms with Crippen LogP contribution in [-0.2, 0) is 22.8 Å². The van der Waals surface area contributed by atoms with E-state index in [-0.39, 0.29) is 39.0 Å². The normalized spacial score (nSPS) is 11.5. The van der Waals surface area contributed by atoms with E-state index in [1.165, 1.54) is 22.9 Å². The molecule has 3 aromatic rings. The molecular weight excluding hydrogens is 447 g/mol. The average molecular weight is 465 g/mol. The van der Waals surface area contributed by atoms with Crippen LogP contribution in [0.2, 0.25) is 10.0 Å². The van der Waals surface area contributed by atoms with Gasteiger partial charge in [0.25, 0.3) is 0 Å². The van der Waals surface area contributed by atoms with Crippen LogP contribution in [0, 0.1) is 0 Å². The minimum Gasteiger partial charge on any atom is -0.265 e. The molecule has 0 aliphatic carbocycles. The molecule has 0 amide bonds. The molecule has 1 aromatic carbocycles. The molecule has 0 saturated carbocycles. The summed E-state index contributed by atoms with van der Waals surface area (Å²) in [6, 6.07) is 7.48. The third-order valence-electron chi connectivity index (χ3n) is 4.35. The number of aromatic nitrogens is 3. The van der Waals surface area contributed by atoms with Crippen molar-refractivity contribution in [3.8, 4) is 0 Å². The zero-order chi connectivity index (χ0) is 21.9. The number of nitrogens with zero attached hydrogens (tertiary/aromatic N) is 6. The predicted octanol–water partition coefficient (Wildman–Crippen LogP) is 5.40. The third kappa shape index (κ3) is 4.60. The highest BCUT2D eigenvalue weighted by Crippen LogP contribution is 2.33. The Kier molecular flexibility index (Phi) is 6.67. The fraction of sp³-hybridized carbons (Fsp3) is 0.263. The summed E-state index contributed by atoms with van der Waals surface area (Å²) in [4.78, 5) is 6.75. The molecule has 8 nitrogen and oxygen atoms in total. The van der Waals surface area contributed by atoms with E-state index in [0.29, 0.717) is 11.3 Å². The van der Waals surface area contributed by atoms with Gasteiger partial charge in [0.15, 0.2) is 5.03 Å². The molecule has 2 heterocycles. The van der Waals surface area contributed by atoms with Crippen molar-refractivity contribution < 1.29 is 8.42 Å². The lowest BCUT2D eigenvalue weighted by Crippen LogP contribution is -2.15. The van der Waals surface area contributed by atoms with Gasteiger partial charge in [-0.25, -0.2) is 8.42 Å². The van der Waals surface area contributed by atoms with Gasteiger partial charge in [-0.3, -0.25) is 9.67 Å². The van der Waals surface area contributed by atoms with Crippen molar-refractivity contribution >= 4 is 33.0 Å². The second-order valence-corrected chi connectivity index (χ2v) is 9.54. The van der Waals surface area contributed by atoms with E-state index in [4.69, 9.17) is 28.7 Å². The van der Waals surface area contributed by atoms with Crippen molar-refractivity contribution in [2.45, 2.75) is 42.8 Å². The Bertz CT molecular complexity index is 1200. The van der Waals surface area contributed by atoms with Gasteiger partial charge in [-0.1, -0.05) is 28.3 Å². The van der Waals surface area contributed by atoms with Crippen molar-refractivity contribution in [2.75, 3.05) is 0 Å². The minimum absolute atomic E-state index is 0.0239. The van der Waals surface area contributed by atoms with Crippen molar-refractivity contribution in [1.29, 1.82) is 0 Å². The molecule has 11 heteroatoms. The Balaban J connectivity index is 2.29. The van der Waals surface area contributed by atoms with Gasteiger partial charge >= 0.3 is 0 Å². The minimum atomic E-state index is -4.03. The van der Waals surface area contributed by atoms with Crippen LogP contribution in [-0.4, -0.2) is 23.2 Å². The highest BCUT2D eigenvalue weighted by atomic mass is 35.5. The molecule has 0 bridgehead atoms. The predicted molar refractivity (Wildman–Crippen MR) is 114 cm³/mol. The van der Waals surface area contributed by atoms with E-state index in [0.717, 1.165) is 5.56 Å². The molecule has 0 spiro atoms. The third-order valence-corrected chi connectivity index (χ3v) is 6.58. The molecule has 0 N–H and O–H groups in total. The van der Waals surface area contributed by atoms with E-state index in [2.05, 4.69) is 20.1 Å². The molecule has 0 aliphatic rings. The molecule has 0 saturated heterocycles. The molecule has 0 atom stereocenters. The van der Waals surface area contributed by atoms with E-state index >= 15 is 0 Å². The second-order valence-electron chi connectivity index (χ2n) is 6.80. The fourth-order valence-electron chi connectivity index (χ4n) is 3.04. The fourth-order valence-corrected chi connectivity index (χ4v) is 5.49. The van der Waals surface area contributed by atoms with Crippen molar-refractivity contribution in [2.24, 2.45) is 5.11 Å². The number of hydrogen-bond donors (Lipinski definition) is 0. The molecule has 156 valence electrons. The summed E-state index contributed by atoms with van der Waals surface area (Å²) in [5.41, 5.74) is 10.5. The highest BCUT2D eigenvalue weighted by molar-refractivity contribution is 7.91. The smallest absolute Gasteiger partial charge is 0.223 e. The van der Waals surface area contributed by atoms with Gasteiger partial charge in [-0.05, 0) is 55.3 Å². The summed E-state index contributed by atoms with van der Waals surface area (Å²) < 4.78 is 28.8. The van der Waals surface area contributed by atoms with Crippen LogP contribution in [0.4, 0.5) is 0 Å². The summed E-state index contributed by atoms with van der Waals surface area (Å²) in [5, 5.41) is 8.51. The Morgan fingerprint density at radius 1 is 1.17 bits per heavy atom. The summed E-state index contributed by atoms with van der Waals surface area (Å²) in [6.07, 6.45) is 3.52. The Morgan fingerprint density at radius 2 is 1.80 bits per heavy atom. The summed E-state index contributed by atoms with van der Waals surface area (Å²) in [7, 11) is -4.03. The summed E-state index contributed by atoms with van der Waals surface area (Å²) in [6.45, 7) is 3.57. The number of benzene rings is 1. The van der Waals surface area contributed by atoms with E-state index in [9.17, 15) is 8.42 Å². The lowest BCUT2D eigenvalue weighted by Gasteiger charge is -2.14. The first-order chi connectivity index (χ1) is 14.2. The number of sulfone groups is 1.